The summed E-state index contributed by atoms with van der Waals surface area (Å²) in [7, 11) is 0. The number of carbonyl (C=O) groups excluding carboxylic acids is 1. The number of pyridine rings is 1. The van der Waals surface area contributed by atoms with E-state index in [0.29, 0.717) is 11.3 Å². The summed E-state index contributed by atoms with van der Waals surface area (Å²) in [6, 6.07) is 7.85. The van der Waals surface area contributed by atoms with Gasteiger partial charge in [0.1, 0.15) is 0 Å². The van der Waals surface area contributed by atoms with E-state index in [9.17, 15) is 18.0 Å². The molecular weight excluding hydrogens is 307 g/mol. The smallest absolute Gasteiger partial charge is 0.327 e. The first-order valence-electron chi connectivity index (χ1n) is 6.95. The molecule has 1 atom stereocenters. The Balaban J connectivity index is 2.43. The third kappa shape index (κ3) is 4.53. The number of nitrogens with one attached hydrogen (secondary N) is 1. The average molecular weight is 323 g/mol. The Morgan fingerprint density at radius 3 is 2.61 bits per heavy atom. The Bertz CT molecular complexity index is 685. The Kier molecular flexibility index (Phi) is 5.00. The lowest BCUT2D eigenvalue weighted by atomic mass is 10.0. The zero-order chi connectivity index (χ0) is 17.0. The summed E-state index contributed by atoms with van der Waals surface area (Å²) in [5.74, 6) is -0.448. The van der Waals surface area contributed by atoms with E-state index in [0.717, 1.165) is 12.1 Å². The lowest BCUT2D eigenvalue weighted by Crippen LogP contribution is -2.24. The Morgan fingerprint density at radius 2 is 2.04 bits per heavy atom. The van der Waals surface area contributed by atoms with E-state index in [1.807, 2.05) is 0 Å². The van der Waals surface area contributed by atoms with Crippen LogP contribution in [0.2, 0.25) is 0 Å². The van der Waals surface area contributed by atoms with Crippen molar-refractivity contribution in [3.63, 3.8) is 0 Å². The minimum Gasteiger partial charge on any atom is -0.327 e. The summed E-state index contributed by atoms with van der Waals surface area (Å²) < 4.78 is 38.7. The predicted molar refractivity (Wildman–Crippen MR) is 81.6 cm³/mol. The summed E-state index contributed by atoms with van der Waals surface area (Å²) in [4.78, 5) is 16.0. The standard InChI is InChI=1S/C16H16F3N3O/c1-10(20)8-15(23)22-14-9-11(16(17,18)19)5-6-12(14)13-4-2-3-7-21-13/h2-7,9-10H,8,20H2,1H3,(H,22,23). The maximum Gasteiger partial charge on any atom is 0.416 e. The summed E-state index contributed by atoms with van der Waals surface area (Å²) >= 11 is 0. The van der Waals surface area contributed by atoms with Crippen molar-refractivity contribution in [1.82, 2.24) is 4.98 Å². The lowest BCUT2D eigenvalue weighted by Gasteiger charge is -2.15. The molecule has 0 aliphatic heterocycles. The maximum atomic E-state index is 12.9. The highest BCUT2D eigenvalue weighted by atomic mass is 19.4. The van der Waals surface area contributed by atoms with E-state index >= 15 is 0 Å². The number of aromatic nitrogens is 1. The molecule has 0 spiro atoms. The van der Waals surface area contributed by atoms with Crippen LogP contribution in [0.1, 0.15) is 18.9 Å². The van der Waals surface area contributed by atoms with Gasteiger partial charge in [-0.15, -0.1) is 0 Å². The van der Waals surface area contributed by atoms with Gasteiger partial charge in [-0.3, -0.25) is 9.78 Å². The second-order valence-electron chi connectivity index (χ2n) is 5.20. The molecule has 0 fully saturated rings. The second-order valence-corrected chi connectivity index (χ2v) is 5.20. The zero-order valence-electron chi connectivity index (χ0n) is 12.4. The van der Waals surface area contributed by atoms with Crippen LogP contribution in [0.4, 0.5) is 18.9 Å². The number of alkyl halides is 3. The van der Waals surface area contributed by atoms with Crippen LogP contribution >= 0.6 is 0 Å². The number of rotatable bonds is 4. The first-order valence-corrected chi connectivity index (χ1v) is 6.95. The van der Waals surface area contributed by atoms with Crippen molar-refractivity contribution in [3.05, 3.63) is 48.2 Å². The summed E-state index contributed by atoms with van der Waals surface area (Å²) in [6.07, 6.45) is -2.96. The van der Waals surface area contributed by atoms with Gasteiger partial charge in [0, 0.05) is 24.2 Å². The van der Waals surface area contributed by atoms with Crippen molar-refractivity contribution in [3.8, 4) is 11.3 Å². The number of nitrogens with zero attached hydrogens (tertiary/aromatic N) is 1. The van der Waals surface area contributed by atoms with Gasteiger partial charge in [0.05, 0.1) is 16.9 Å². The highest BCUT2D eigenvalue weighted by Gasteiger charge is 2.31. The Morgan fingerprint density at radius 1 is 1.30 bits per heavy atom. The van der Waals surface area contributed by atoms with E-state index in [4.69, 9.17) is 5.73 Å². The molecule has 2 aromatic rings. The fraction of sp³-hybridized carbons (Fsp3) is 0.250. The molecule has 4 nitrogen and oxygen atoms in total. The molecule has 0 saturated heterocycles. The van der Waals surface area contributed by atoms with Gasteiger partial charge in [-0.2, -0.15) is 13.2 Å². The molecule has 122 valence electrons. The largest absolute Gasteiger partial charge is 0.416 e. The second kappa shape index (κ2) is 6.78. The van der Waals surface area contributed by atoms with Crippen molar-refractivity contribution in [1.29, 1.82) is 0 Å². The van der Waals surface area contributed by atoms with E-state index in [-0.39, 0.29) is 18.2 Å². The van der Waals surface area contributed by atoms with Crippen molar-refractivity contribution in [2.75, 3.05) is 5.32 Å². The number of halogens is 3. The van der Waals surface area contributed by atoms with Crippen molar-refractivity contribution < 1.29 is 18.0 Å². The summed E-state index contributed by atoms with van der Waals surface area (Å²) in [5.41, 5.74) is 5.65. The number of carbonyl (C=O) groups is 1. The van der Waals surface area contributed by atoms with Gasteiger partial charge in [-0.25, -0.2) is 0 Å². The van der Waals surface area contributed by atoms with Crippen LogP contribution in [0.5, 0.6) is 0 Å². The SMILES string of the molecule is CC(N)CC(=O)Nc1cc(C(F)(F)F)ccc1-c1ccccn1. The highest BCUT2D eigenvalue weighted by Crippen LogP contribution is 2.35. The van der Waals surface area contributed by atoms with Crippen LogP contribution in [0.15, 0.2) is 42.6 Å². The molecule has 1 heterocycles. The Hall–Kier alpha value is -2.41. The fourth-order valence-corrected chi connectivity index (χ4v) is 2.06. The number of hydrogen-bond donors (Lipinski definition) is 2. The van der Waals surface area contributed by atoms with Gasteiger partial charge >= 0.3 is 6.18 Å². The van der Waals surface area contributed by atoms with E-state index in [1.165, 1.54) is 12.3 Å². The monoisotopic (exact) mass is 323 g/mol. The van der Waals surface area contributed by atoms with Gasteiger partial charge in [-0.05, 0) is 31.2 Å². The number of hydrogen-bond acceptors (Lipinski definition) is 3. The minimum absolute atomic E-state index is 0.0118. The van der Waals surface area contributed by atoms with Crippen molar-refractivity contribution >= 4 is 11.6 Å². The molecule has 1 aromatic heterocycles. The first kappa shape index (κ1) is 17.0. The Labute approximate surface area is 131 Å². The molecule has 0 radical (unpaired) electrons. The van der Waals surface area contributed by atoms with E-state index in [2.05, 4.69) is 10.3 Å². The molecule has 0 bridgehead atoms. The van der Waals surface area contributed by atoms with Crippen LogP contribution in [-0.2, 0) is 11.0 Å². The predicted octanol–water partition coefficient (Wildman–Crippen LogP) is 3.44. The number of amides is 1. The lowest BCUT2D eigenvalue weighted by molar-refractivity contribution is -0.137. The topological polar surface area (TPSA) is 68.0 Å². The molecule has 2 rings (SSSR count). The number of nitrogens with two attached hydrogens (primary N) is 1. The molecule has 23 heavy (non-hydrogen) atoms. The third-order valence-electron chi connectivity index (χ3n) is 3.07. The fourth-order valence-electron chi connectivity index (χ4n) is 2.06. The van der Waals surface area contributed by atoms with Gasteiger partial charge in [0.15, 0.2) is 0 Å². The number of benzene rings is 1. The summed E-state index contributed by atoms with van der Waals surface area (Å²) in [6.45, 7) is 1.64. The van der Waals surface area contributed by atoms with E-state index in [1.54, 1.807) is 25.1 Å². The van der Waals surface area contributed by atoms with Crippen LogP contribution in [0, 0.1) is 0 Å². The highest BCUT2D eigenvalue weighted by molar-refractivity contribution is 5.95. The van der Waals surface area contributed by atoms with Crippen LogP contribution in [0.3, 0.4) is 0 Å². The normalized spacial score (nSPS) is 12.7. The third-order valence-corrected chi connectivity index (χ3v) is 3.07. The molecule has 1 aromatic carbocycles. The molecule has 0 saturated carbocycles. The van der Waals surface area contributed by atoms with Crippen molar-refractivity contribution in [2.45, 2.75) is 25.6 Å². The van der Waals surface area contributed by atoms with Gasteiger partial charge in [0.25, 0.3) is 0 Å². The molecule has 1 unspecified atom stereocenters. The molecule has 0 aliphatic rings. The minimum atomic E-state index is -4.50. The van der Waals surface area contributed by atoms with E-state index < -0.39 is 17.6 Å². The van der Waals surface area contributed by atoms with Gasteiger partial charge in [-0.1, -0.05) is 12.1 Å². The molecule has 1 amide bonds. The molecule has 7 heteroatoms. The first-order chi connectivity index (χ1) is 10.8. The van der Waals surface area contributed by atoms with Crippen LogP contribution < -0.4 is 11.1 Å². The van der Waals surface area contributed by atoms with Crippen LogP contribution in [0.25, 0.3) is 11.3 Å². The van der Waals surface area contributed by atoms with Crippen LogP contribution in [-0.4, -0.2) is 16.9 Å². The summed E-state index contributed by atoms with van der Waals surface area (Å²) in [5, 5.41) is 2.49. The van der Waals surface area contributed by atoms with Crippen molar-refractivity contribution in [2.24, 2.45) is 5.73 Å². The maximum absolute atomic E-state index is 12.9. The molecule has 0 aliphatic carbocycles. The number of anilines is 1. The zero-order valence-corrected chi connectivity index (χ0v) is 12.4. The molecule has 3 N–H and O–H groups in total. The van der Waals surface area contributed by atoms with Gasteiger partial charge in [0.2, 0.25) is 5.91 Å². The average Bonchev–Trinajstić information content (AvgIpc) is 2.46. The molecular formula is C16H16F3N3O. The quantitative estimate of drug-likeness (QED) is 0.905. The van der Waals surface area contributed by atoms with Gasteiger partial charge < -0.3 is 11.1 Å².